The third-order valence-corrected chi connectivity index (χ3v) is 3.67. The molecule has 3 nitrogen and oxygen atoms in total. The zero-order valence-electron chi connectivity index (χ0n) is 13.3. The number of hydrogen-bond donors (Lipinski definition) is 2. The Morgan fingerprint density at radius 1 is 1.09 bits per heavy atom. The maximum Gasteiger partial charge on any atom is 0.171 e. The first-order valence-electron chi connectivity index (χ1n) is 7.42. The summed E-state index contributed by atoms with van der Waals surface area (Å²) in [4.78, 5) is 0. The summed E-state index contributed by atoms with van der Waals surface area (Å²) in [5, 5.41) is 7.04. The van der Waals surface area contributed by atoms with Crippen LogP contribution in [0.2, 0.25) is 0 Å². The second-order valence-corrected chi connectivity index (χ2v) is 5.60. The largest absolute Gasteiger partial charge is 0.494 e. The van der Waals surface area contributed by atoms with Gasteiger partial charge in [0.05, 0.1) is 6.61 Å². The molecule has 0 aliphatic carbocycles. The van der Waals surface area contributed by atoms with E-state index in [4.69, 9.17) is 17.0 Å². The molecule has 0 fully saturated rings. The predicted octanol–water partition coefficient (Wildman–Crippen LogP) is 4.19. The monoisotopic (exact) mass is 314 g/mol. The molecule has 22 heavy (non-hydrogen) atoms. The molecule has 2 rings (SSSR count). The molecule has 0 unspecified atom stereocenters. The summed E-state index contributed by atoms with van der Waals surface area (Å²) in [5.74, 6) is 0.884. The van der Waals surface area contributed by atoms with Gasteiger partial charge in [-0.3, -0.25) is 0 Å². The third kappa shape index (κ3) is 4.74. The van der Waals surface area contributed by atoms with Crippen molar-refractivity contribution in [3.8, 4) is 5.75 Å². The van der Waals surface area contributed by atoms with Crippen molar-refractivity contribution in [2.45, 2.75) is 27.3 Å². The molecule has 0 heterocycles. The summed E-state index contributed by atoms with van der Waals surface area (Å²) in [5.41, 5.74) is 4.66. The Morgan fingerprint density at radius 3 is 2.64 bits per heavy atom. The highest BCUT2D eigenvalue weighted by molar-refractivity contribution is 7.80. The Morgan fingerprint density at radius 2 is 1.91 bits per heavy atom. The van der Waals surface area contributed by atoms with Crippen LogP contribution in [0.1, 0.15) is 23.6 Å². The molecule has 2 N–H and O–H groups in total. The van der Waals surface area contributed by atoms with Crippen LogP contribution >= 0.6 is 12.2 Å². The molecule has 0 atom stereocenters. The van der Waals surface area contributed by atoms with Crippen LogP contribution in [0.25, 0.3) is 0 Å². The van der Waals surface area contributed by atoms with E-state index in [1.165, 1.54) is 11.1 Å². The lowest BCUT2D eigenvalue weighted by Gasteiger charge is -2.12. The first-order chi connectivity index (χ1) is 10.6. The predicted molar refractivity (Wildman–Crippen MR) is 96.6 cm³/mol. The maximum atomic E-state index is 5.50. The molecular weight excluding hydrogens is 292 g/mol. The van der Waals surface area contributed by atoms with E-state index in [2.05, 4.69) is 36.6 Å². The first-order valence-corrected chi connectivity index (χ1v) is 7.83. The van der Waals surface area contributed by atoms with Gasteiger partial charge in [-0.2, -0.15) is 0 Å². The lowest BCUT2D eigenvalue weighted by molar-refractivity contribution is 0.340. The number of benzene rings is 2. The number of anilines is 1. The average Bonchev–Trinajstić information content (AvgIpc) is 2.50. The topological polar surface area (TPSA) is 33.3 Å². The van der Waals surface area contributed by atoms with E-state index in [9.17, 15) is 0 Å². The minimum Gasteiger partial charge on any atom is -0.494 e. The molecule has 0 spiro atoms. The van der Waals surface area contributed by atoms with Crippen LogP contribution in [0.4, 0.5) is 5.69 Å². The zero-order valence-corrected chi connectivity index (χ0v) is 14.1. The molecule has 0 amide bonds. The molecule has 0 aliphatic heterocycles. The Kier molecular flexibility index (Phi) is 5.78. The zero-order chi connectivity index (χ0) is 15.9. The lowest BCUT2D eigenvalue weighted by atomic mass is 10.1. The van der Waals surface area contributed by atoms with Crippen molar-refractivity contribution in [3.63, 3.8) is 0 Å². The second kappa shape index (κ2) is 7.80. The summed E-state index contributed by atoms with van der Waals surface area (Å²) in [6, 6.07) is 14.2. The van der Waals surface area contributed by atoms with E-state index in [1.807, 2.05) is 37.3 Å². The fourth-order valence-electron chi connectivity index (χ4n) is 2.09. The fourth-order valence-corrected chi connectivity index (χ4v) is 2.28. The van der Waals surface area contributed by atoms with Crippen LogP contribution in [-0.4, -0.2) is 11.7 Å². The van der Waals surface area contributed by atoms with Crippen LogP contribution in [0.3, 0.4) is 0 Å². The van der Waals surface area contributed by atoms with Crippen LogP contribution in [-0.2, 0) is 6.54 Å². The number of aryl methyl sites for hydroxylation is 2. The van der Waals surface area contributed by atoms with Gasteiger partial charge in [0.1, 0.15) is 5.75 Å². The summed E-state index contributed by atoms with van der Waals surface area (Å²) < 4.78 is 5.50. The first kappa shape index (κ1) is 16.3. The molecule has 0 saturated heterocycles. The van der Waals surface area contributed by atoms with Gasteiger partial charge in [0, 0.05) is 12.2 Å². The van der Waals surface area contributed by atoms with Crippen LogP contribution in [0.5, 0.6) is 5.75 Å². The summed E-state index contributed by atoms with van der Waals surface area (Å²) in [7, 11) is 0. The SMILES string of the molecule is CCOc1cccc(CNC(=S)Nc2ccc(C)c(C)c2)c1. The molecule has 116 valence electrons. The number of ether oxygens (including phenoxy) is 1. The number of nitrogens with one attached hydrogen (secondary N) is 2. The van der Waals surface area contributed by atoms with E-state index >= 15 is 0 Å². The van der Waals surface area contributed by atoms with Crippen molar-refractivity contribution in [2.75, 3.05) is 11.9 Å². The molecule has 0 radical (unpaired) electrons. The van der Waals surface area contributed by atoms with E-state index in [0.717, 1.165) is 17.0 Å². The molecule has 4 heteroatoms. The Hall–Kier alpha value is -2.07. The fraction of sp³-hybridized carbons (Fsp3) is 0.278. The molecular formula is C18H22N2OS. The number of thiocarbonyl (C=S) groups is 1. The lowest BCUT2D eigenvalue weighted by Crippen LogP contribution is -2.27. The number of rotatable bonds is 5. The summed E-state index contributed by atoms with van der Waals surface area (Å²) >= 11 is 5.34. The molecule has 0 saturated carbocycles. The van der Waals surface area contributed by atoms with Gasteiger partial charge < -0.3 is 15.4 Å². The minimum absolute atomic E-state index is 0.616. The van der Waals surface area contributed by atoms with E-state index in [0.29, 0.717) is 18.3 Å². The van der Waals surface area contributed by atoms with Crippen molar-refractivity contribution in [1.82, 2.24) is 5.32 Å². The second-order valence-electron chi connectivity index (χ2n) is 5.19. The van der Waals surface area contributed by atoms with Crippen molar-refractivity contribution in [1.29, 1.82) is 0 Å². The molecule has 2 aromatic rings. The van der Waals surface area contributed by atoms with Crippen molar-refractivity contribution < 1.29 is 4.74 Å². The average molecular weight is 314 g/mol. The van der Waals surface area contributed by atoms with Gasteiger partial charge in [0.2, 0.25) is 0 Å². The smallest absolute Gasteiger partial charge is 0.171 e. The van der Waals surface area contributed by atoms with Crippen molar-refractivity contribution in [2.24, 2.45) is 0 Å². The van der Waals surface area contributed by atoms with Crippen LogP contribution in [0, 0.1) is 13.8 Å². The minimum atomic E-state index is 0.616. The summed E-state index contributed by atoms with van der Waals surface area (Å²) in [6.07, 6.45) is 0. The quantitative estimate of drug-likeness (QED) is 0.811. The molecule has 0 bridgehead atoms. The van der Waals surface area contributed by atoms with Crippen LogP contribution < -0.4 is 15.4 Å². The Bertz CT molecular complexity index is 655. The third-order valence-electron chi connectivity index (χ3n) is 3.43. The van der Waals surface area contributed by atoms with Crippen molar-refractivity contribution in [3.05, 3.63) is 59.2 Å². The normalized spacial score (nSPS) is 10.1. The Balaban J connectivity index is 1.89. The maximum absolute atomic E-state index is 5.50. The summed E-state index contributed by atoms with van der Waals surface area (Å²) in [6.45, 7) is 7.51. The highest BCUT2D eigenvalue weighted by Gasteiger charge is 2.01. The Labute approximate surface area is 137 Å². The van der Waals surface area contributed by atoms with E-state index < -0.39 is 0 Å². The van der Waals surface area contributed by atoms with E-state index in [1.54, 1.807) is 0 Å². The van der Waals surface area contributed by atoms with Crippen molar-refractivity contribution >= 4 is 23.0 Å². The van der Waals surface area contributed by atoms with E-state index in [-0.39, 0.29) is 0 Å². The molecule has 0 aromatic heterocycles. The number of hydrogen-bond acceptors (Lipinski definition) is 2. The standard InChI is InChI=1S/C18H22N2OS/c1-4-21-17-7-5-6-15(11-17)12-19-18(22)20-16-9-8-13(2)14(3)10-16/h5-11H,4,12H2,1-3H3,(H2,19,20,22). The van der Waals surface area contributed by atoms with Gasteiger partial charge in [-0.1, -0.05) is 18.2 Å². The van der Waals surface area contributed by atoms with Gasteiger partial charge in [-0.15, -0.1) is 0 Å². The van der Waals surface area contributed by atoms with Gasteiger partial charge in [0.25, 0.3) is 0 Å². The van der Waals surface area contributed by atoms with Gasteiger partial charge in [-0.25, -0.2) is 0 Å². The van der Waals surface area contributed by atoms with Crippen LogP contribution in [0.15, 0.2) is 42.5 Å². The van der Waals surface area contributed by atoms with Gasteiger partial charge >= 0.3 is 0 Å². The molecule has 2 aromatic carbocycles. The molecule has 0 aliphatic rings. The van der Waals surface area contributed by atoms with Gasteiger partial charge in [0.15, 0.2) is 5.11 Å². The highest BCUT2D eigenvalue weighted by Crippen LogP contribution is 2.15. The van der Waals surface area contributed by atoms with Gasteiger partial charge in [-0.05, 0) is 73.9 Å². The highest BCUT2D eigenvalue weighted by atomic mass is 32.1.